The molecule has 1 aliphatic heterocycles. The van der Waals surface area contributed by atoms with Gasteiger partial charge in [0.1, 0.15) is 6.04 Å². The minimum atomic E-state index is -4.69. The largest absolute Gasteiger partial charge is 0.416 e. The van der Waals surface area contributed by atoms with Gasteiger partial charge in [0.25, 0.3) is 0 Å². The quantitative estimate of drug-likeness (QED) is 0.535. The SMILES string of the molecule is CC(=O)N[C@@H](Cc1ccc(F)c(F)c1)C(=O)NC1CCN(S(=O)(=O)c2cccc(C(F)(F)F)c2)CC1. The number of halogens is 5. The summed E-state index contributed by atoms with van der Waals surface area (Å²) in [5.74, 6) is -3.25. The van der Waals surface area contributed by atoms with Crippen LogP contribution in [-0.4, -0.2) is 49.7 Å². The number of hydrogen-bond acceptors (Lipinski definition) is 4. The summed E-state index contributed by atoms with van der Waals surface area (Å²) in [7, 11) is -4.18. The molecule has 1 fully saturated rings. The van der Waals surface area contributed by atoms with Gasteiger partial charge in [0.15, 0.2) is 11.6 Å². The van der Waals surface area contributed by atoms with Crippen LogP contribution in [0.25, 0.3) is 0 Å². The third kappa shape index (κ3) is 6.78. The Hall–Kier alpha value is -3.06. The summed E-state index contributed by atoms with van der Waals surface area (Å²) >= 11 is 0. The minimum Gasteiger partial charge on any atom is -0.351 e. The van der Waals surface area contributed by atoms with Crippen molar-refractivity contribution in [2.24, 2.45) is 0 Å². The van der Waals surface area contributed by atoms with E-state index in [0.717, 1.165) is 34.6 Å². The highest BCUT2D eigenvalue weighted by Crippen LogP contribution is 2.31. The number of amides is 2. The Morgan fingerprint density at radius 2 is 1.72 bits per heavy atom. The van der Waals surface area contributed by atoms with Crippen molar-refractivity contribution in [3.05, 3.63) is 65.2 Å². The van der Waals surface area contributed by atoms with Gasteiger partial charge in [0.2, 0.25) is 21.8 Å². The fourth-order valence-corrected chi connectivity index (χ4v) is 5.40. The number of carbonyl (C=O) groups is 2. The summed E-state index contributed by atoms with van der Waals surface area (Å²) in [5, 5.41) is 5.18. The molecule has 0 aromatic heterocycles. The molecule has 0 spiro atoms. The van der Waals surface area contributed by atoms with Crippen molar-refractivity contribution in [1.82, 2.24) is 14.9 Å². The molecule has 2 amide bonds. The molecule has 196 valence electrons. The predicted molar refractivity (Wildman–Crippen MR) is 119 cm³/mol. The molecule has 1 atom stereocenters. The number of piperidine rings is 1. The lowest BCUT2D eigenvalue weighted by Gasteiger charge is -2.32. The first-order valence-corrected chi connectivity index (χ1v) is 12.4. The fraction of sp³-hybridized carbons (Fsp3) is 0.391. The molecule has 13 heteroatoms. The molecular formula is C23H24F5N3O4S. The lowest BCUT2D eigenvalue weighted by atomic mass is 10.0. The molecule has 0 bridgehead atoms. The maximum absolute atomic E-state index is 13.5. The van der Waals surface area contributed by atoms with E-state index in [1.165, 1.54) is 13.0 Å². The van der Waals surface area contributed by atoms with Gasteiger partial charge in [-0.2, -0.15) is 17.5 Å². The number of nitrogens with zero attached hydrogens (tertiary/aromatic N) is 1. The Morgan fingerprint density at radius 1 is 1.06 bits per heavy atom. The normalized spacial score (nSPS) is 16.4. The van der Waals surface area contributed by atoms with Gasteiger partial charge >= 0.3 is 6.18 Å². The van der Waals surface area contributed by atoms with Crippen LogP contribution < -0.4 is 10.6 Å². The summed E-state index contributed by atoms with van der Waals surface area (Å²) in [6, 6.07) is 5.06. The van der Waals surface area contributed by atoms with E-state index in [0.29, 0.717) is 6.07 Å². The Bertz CT molecular complexity index is 1230. The highest BCUT2D eigenvalue weighted by atomic mass is 32.2. The fourth-order valence-electron chi connectivity index (χ4n) is 3.88. The van der Waals surface area contributed by atoms with Crippen LogP contribution in [0.2, 0.25) is 0 Å². The first-order chi connectivity index (χ1) is 16.8. The number of alkyl halides is 3. The Labute approximate surface area is 204 Å². The highest BCUT2D eigenvalue weighted by molar-refractivity contribution is 7.89. The lowest BCUT2D eigenvalue weighted by Crippen LogP contribution is -2.53. The minimum absolute atomic E-state index is 0.0441. The van der Waals surface area contributed by atoms with Crippen molar-refractivity contribution in [3.63, 3.8) is 0 Å². The van der Waals surface area contributed by atoms with Crippen molar-refractivity contribution in [1.29, 1.82) is 0 Å². The van der Waals surface area contributed by atoms with Crippen LogP contribution >= 0.6 is 0 Å². The number of hydrogen-bond donors (Lipinski definition) is 2. The lowest BCUT2D eigenvalue weighted by molar-refractivity contribution is -0.137. The molecule has 0 radical (unpaired) electrons. The Balaban J connectivity index is 1.64. The smallest absolute Gasteiger partial charge is 0.351 e. The molecule has 2 aromatic carbocycles. The van der Waals surface area contributed by atoms with Gasteiger partial charge in [-0.05, 0) is 48.7 Å². The average molecular weight is 534 g/mol. The first kappa shape index (κ1) is 27.5. The number of carbonyl (C=O) groups excluding carboxylic acids is 2. The van der Waals surface area contributed by atoms with Gasteiger partial charge in [-0.1, -0.05) is 12.1 Å². The van der Waals surface area contributed by atoms with E-state index in [1.54, 1.807) is 0 Å². The molecule has 0 unspecified atom stereocenters. The summed E-state index contributed by atoms with van der Waals surface area (Å²) in [6.45, 7) is 1.11. The van der Waals surface area contributed by atoms with E-state index in [-0.39, 0.29) is 37.9 Å². The van der Waals surface area contributed by atoms with E-state index < -0.39 is 62.2 Å². The summed E-state index contributed by atoms with van der Waals surface area (Å²) < 4.78 is 92.4. The molecule has 1 heterocycles. The van der Waals surface area contributed by atoms with Crippen molar-refractivity contribution in [3.8, 4) is 0 Å². The topological polar surface area (TPSA) is 95.6 Å². The maximum Gasteiger partial charge on any atom is 0.416 e. The van der Waals surface area contributed by atoms with Crippen LogP contribution in [0, 0.1) is 11.6 Å². The zero-order valence-electron chi connectivity index (χ0n) is 19.1. The van der Waals surface area contributed by atoms with Crippen molar-refractivity contribution < 1.29 is 40.0 Å². The van der Waals surface area contributed by atoms with Crippen LogP contribution in [0.4, 0.5) is 22.0 Å². The number of rotatable bonds is 7. The third-order valence-corrected chi connectivity index (χ3v) is 7.61. The third-order valence-electron chi connectivity index (χ3n) is 5.72. The standard InChI is InChI=1S/C23H24F5N3O4S/c1-14(32)29-21(12-15-5-6-19(24)20(25)11-15)22(33)30-17-7-9-31(10-8-17)36(34,35)18-4-2-3-16(13-18)23(26,27)28/h2-6,11,13,17,21H,7-10,12H2,1H3,(H,29,32)(H,30,33)/t21-/m0/s1. The Kier molecular flexibility index (Phi) is 8.34. The van der Waals surface area contributed by atoms with E-state index in [4.69, 9.17) is 0 Å². The van der Waals surface area contributed by atoms with Crippen molar-refractivity contribution in [2.45, 2.75) is 49.3 Å². The molecule has 36 heavy (non-hydrogen) atoms. The van der Waals surface area contributed by atoms with Crippen LogP contribution in [0.1, 0.15) is 30.9 Å². The molecular weight excluding hydrogens is 509 g/mol. The van der Waals surface area contributed by atoms with Crippen LogP contribution in [0.5, 0.6) is 0 Å². The van der Waals surface area contributed by atoms with Gasteiger partial charge in [0.05, 0.1) is 10.5 Å². The molecule has 2 N–H and O–H groups in total. The second-order valence-electron chi connectivity index (χ2n) is 8.42. The highest BCUT2D eigenvalue weighted by Gasteiger charge is 2.35. The second kappa shape index (κ2) is 10.9. The zero-order chi connectivity index (χ0) is 26.7. The Morgan fingerprint density at radius 3 is 2.31 bits per heavy atom. The molecule has 0 saturated carbocycles. The number of sulfonamides is 1. The van der Waals surface area contributed by atoms with E-state index in [9.17, 15) is 40.0 Å². The van der Waals surface area contributed by atoms with Gasteiger partial charge in [0, 0.05) is 32.5 Å². The second-order valence-corrected chi connectivity index (χ2v) is 10.4. The number of benzene rings is 2. The van der Waals surface area contributed by atoms with E-state index in [1.807, 2.05) is 0 Å². The van der Waals surface area contributed by atoms with E-state index >= 15 is 0 Å². The van der Waals surface area contributed by atoms with E-state index in [2.05, 4.69) is 10.6 Å². The van der Waals surface area contributed by atoms with Gasteiger partial charge in [-0.3, -0.25) is 9.59 Å². The molecule has 0 aliphatic carbocycles. The average Bonchev–Trinajstić information content (AvgIpc) is 2.80. The molecule has 1 aliphatic rings. The zero-order valence-corrected chi connectivity index (χ0v) is 19.9. The summed E-state index contributed by atoms with van der Waals surface area (Å²) in [5.41, 5.74) is -0.791. The monoisotopic (exact) mass is 533 g/mol. The molecule has 7 nitrogen and oxygen atoms in total. The van der Waals surface area contributed by atoms with Crippen LogP contribution in [-0.2, 0) is 32.2 Å². The maximum atomic E-state index is 13.5. The van der Waals surface area contributed by atoms with Gasteiger partial charge in [-0.15, -0.1) is 0 Å². The van der Waals surface area contributed by atoms with Crippen LogP contribution in [0.3, 0.4) is 0 Å². The molecule has 2 aromatic rings. The van der Waals surface area contributed by atoms with Crippen molar-refractivity contribution >= 4 is 21.8 Å². The van der Waals surface area contributed by atoms with Crippen molar-refractivity contribution in [2.75, 3.05) is 13.1 Å². The van der Waals surface area contributed by atoms with Crippen LogP contribution in [0.15, 0.2) is 47.4 Å². The summed E-state index contributed by atoms with van der Waals surface area (Å²) in [6.07, 6.45) is -4.43. The van der Waals surface area contributed by atoms with Gasteiger partial charge in [-0.25, -0.2) is 17.2 Å². The predicted octanol–water partition coefficient (Wildman–Crippen LogP) is 3.00. The molecule has 3 rings (SSSR count). The number of nitrogens with one attached hydrogen (secondary N) is 2. The molecule has 1 saturated heterocycles. The first-order valence-electron chi connectivity index (χ1n) is 11.0. The summed E-state index contributed by atoms with van der Waals surface area (Å²) in [4.78, 5) is 23.9. The van der Waals surface area contributed by atoms with Gasteiger partial charge < -0.3 is 10.6 Å².